The molecule has 3 rings (SSSR count). The lowest BCUT2D eigenvalue weighted by Gasteiger charge is -2.24. The summed E-state index contributed by atoms with van der Waals surface area (Å²) in [6.45, 7) is 2.68. The highest BCUT2D eigenvalue weighted by Gasteiger charge is 2.28. The van der Waals surface area contributed by atoms with Crippen molar-refractivity contribution in [2.24, 2.45) is 5.92 Å². The van der Waals surface area contributed by atoms with E-state index in [0.717, 1.165) is 51.7 Å². The minimum absolute atomic E-state index is 0.121. The Hall–Kier alpha value is -1.84. The van der Waals surface area contributed by atoms with Gasteiger partial charge >= 0.3 is 0 Å². The molecule has 2 amide bonds. The van der Waals surface area contributed by atoms with Crippen LogP contribution in [0.3, 0.4) is 0 Å². The molecular weight excluding hydrogens is 288 g/mol. The van der Waals surface area contributed by atoms with Crippen molar-refractivity contribution < 1.29 is 9.59 Å². The Kier molecular flexibility index (Phi) is 5.31. The van der Waals surface area contributed by atoms with E-state index in [0.29, 0.717) is 12.3 Å². The standard InChI is InChI=1S/C19H26N2O2/c22-18-9-5-2-6-11-20(18)15-19(23)21-12-10-17(14-21)13-16-7-3-1-4-8-16/h1,3-4,7-8,17H,2,5-6,9-15H2. The molecule has 1 unspecified atom stereocenters. The fourth-order valence-corrected chi connectivity index (χ4v) is 3.64. The summed E-state index contributed by atoms with van der Waals surface area (Å²) < 4.78 is 0. The predicted molar refractivity (Wildman–Crippen MR) is 89.9 cm³/mol. The van der Waals surface area contributed by atoms with Crippen LogP contribution in [0.15, 0.2) is 30.3 Å². The van der Waals surface area contributed by atoms with Crippen LogP contribution in [0.25, 0.3) is 0 Å². The van der Waals surface area contributed by atoms with E-state index >= 15 is 0 Å². The largest absolute Gasteiger partial charge is 0.341 e. The molecule has 1 aromatic carbocycles. The van der Waals surface area contributed by atoms with Crippen LogP contribution in [-0.4, -0.2) is 47.8 Å². The summed E-state index contributed by atoms with van der Waals surface area (Å²) in [7, 11) is 0. The summed E-state index contributed by atoms with van der Waals surface area (Å²) in [5.41, 5.74) is 1.34. The summed E-state index contributed by atoms with van der Waals surface area (Å²) >= 11 is 0. The maximum Gasteiger partial charge on any atom is 0.242 e. The Balaban J connectivity index is 1.50. The van der Waals surface area contributed by atoms with Crippen molar-refractivity contribution in [1.82, 2.24) is 9.80 Å². The quantitative estimate of drug-likeness (QED) is 0.856. The Morgan fingerprint density at radius 3 is 2.74 bits per heavy atom. The molecule has 124 valence electrons. The van der Waals surface area contributed by atoms with Gasteiger partial charge in [0.05, 0.1) is 6.54 Å². The number of rotatable bonds is 4. The molecule has 0 bridgehead atoms. The highest BCUT2D eigenvalue weighted by atomic mass is 16.2. The second-order valence-corrected chi connectivity index (χ2v) is 6.81. The highest BCUT2D eigenvalue weighted by Crippen LogP contribution is 2.21. The van der Waals surface area contributed by atoms with E-state index in [-0.39, 0.29) is 18.4 Å². The van der Waals surface area contributed by atoms with E-state index in [4.69, 9.17) is 0 Å². The van der Waals surface area contributed by atoms with E-state index in [1.165, 1.54) is 5.56 Å². The lowest BCUT2D eigenvalue weighted by Crippen LogP contribution is -2.42. The maximum absolute atomic E-state index is 12.5. The molecule has 1 aromatic rings. The van der Waals surface area contributed by atoms with Gasteiger partial charge in [0.15, 0.2) is 0 Å². The molecule has 2 fully saturated rings. The van der Waals surface area contributed by atoms with Crippen LogP contribution in [0.5, 0.6) is 0 Å². The zero-order chi connectivity index (χ0) is 16.1. The average molecular weight is 314 g/mol. The summed E-state index contributed by atoms with van der Waals surface area (Å²) in [6, 6.07) is 10.5. The van der Waals surface area contributed by atoms with Gasteiger partial charge in [-0.1, -0.05) is 36.8 Å². The van der Waals surface area contributed by atoms with Crippen molar-refractivity contribution >= 4 is 11.8 Å². The third kappa shape index (κ3) is 4.34. The summed E-state index contributed by atoms with van der Waals surface area (Å²) in [5, 5.41) is 0. The molecule has 2 saturated heterocycles. The van der Waals surface area contributed by atoms with Gasteiger partial charge < -0.3 is 9.80 Å². The normalized spacial score (nSPS) is 22.3. The van der Waals surface area contributed by atoms with Crippen LogP contribution >= 0.6 is 0 Å². The minimum atomic E-state index is 0.121. The van der Waals surface area contributed by atoms with Crippen LogP contribution in [0.1, 0.15) is 37.7 Å². The second kappa shape index (κ2) is 7.62. The van der Waals surface area contributed by atoms with Gasteiger partial charge in [-0.2, -0.15) is 0 Å². The Labute approximate surface area is 138 Å². The summed E-state index contributed by atoms with van der Waals surface area (Å²) in [4.78, 5) is 28.2. The molecule has 2 aliphatic heterocycles. The molecule has 0 saturated carbocycles. The monoisotopic (exact) mass is 314 g/mol. The van der Waals surface area contributed by atoms with E-state index in [1.54, 1.807) is 4.90 Å². The van der Waals surface area contributed by atoms with Gasteiger partial charge in [-0.15, -0.1) is 0 Å². The van der Waals surface area contributed by atoms with Gasteiger partial charge in [-0.25, -0.2) is 0 Å². The SMILES string of the molecule is O=C1CCCCCN1CC(=O)N1CCC(Cc2ccccc2)C1. The lowest BCUT2D eigenvalue weighted by atomic mass is 9.99. The predicted octanol–water partition coefficient (Wildman–Crippen LogP) is 2.48. The van der Waals surface area contributed by atoms with Crippen LogP contribution in [0.4, 0.5) is 0 Å². The first-order chi connectivity index (χ1) is 11.2. The van der Waals surface area contributed by atoms with Crippen LogP contribution in [-0.2, 0) is 16.0 Å². The second-order valence-electron chi connectivity index (χ2n) is 6.81. The molecule has 0 aliphatic carbocycles. The van der Waals surface area contributed by atoms with Crippen LogP contribution in [0, 0.1) is 5.92 Å². The van der Waals surface area contributed by atoms with Crippen molar-refractivity contribution in [3.63, 3.8) is 0 Å². The Morgan fingerprint density at radius 2 is 1.91 bits per heavy atom. The molecule has 0 radical (unpaired) electrons. The molecular formula is C19H26N2O2. The Morgan fingerprint density at radius 1 is 1.09 bits per heavy atom. The summed E-state index contributed by atoms with van der Waals surface area (Å²) in [6.07, 6.45) is 5.78. The van der Waals surface area contributed by atoms with Gasteiger partial charge in [0, 0.05) is 26.1 Å². The molecule has 2 aliphatic rings. The third-order valence-corrected chi connectivity index (χ3v) is 5.00. The highest BCUT2D eigenvalue weighted by molar-refractivity contribution is 5.85. The maximum atomic E-state index is 12.5. The molecule has 4 heteroatoms. The van der Waals surface area contributed by atoms with Crippen molar-refractivity contribution in [2.45, 2.75) is 38.5 Å². The van der Waals surface area contributed by atoms with E-state index in [1.807, 2.05) is 11.0 Å². The van der Waals surface area contributed by atoms with Gasteiger partial charge in [0.1, 0.15) is 0 Å². The number of likely N-dealkylation sites (tertiary alicyclic amines) is 2. The fourth-order valence-electron chi connectivity index (χ4n) is 3.64. The van der Waals surface area contributed by atoms with Crippen molar-refractivity contribution in [3.05, 3.63) is 35.9 Å². The first-order valence-corrected chi connectivity index (χ1v) is 8.82. The van der Waals surface area contributed by atoms with E-state index < -0.39 is 0 Å². The van der Waals surface area contributed by atoms with Crippen molar-refractivity contribution in [1.29, 1.82) is 0 Å². The van der Waals surface area contributed by atoms with Crippen molar-refractivity contribution in [2.75, 3.05) is 26.2 Å². The third-order valence-electron chi connectivity index (χ3n) is 5.00. The molecule has 23 heavy (non-hydrogen) atoms. The first-order valence-electron chi connectivity index (χ1n) is 8.82. The molecule has 4 nitrogen and oxygen atoms in total. The number of hydrogen-bond donors (Lipinski definition) is 0. The molecule has 1 atom stereocenters. The average Bonchev–Trinajstić information content (AvgIpc) is 2.93. The fraction of sp³-hybridized carbons (Fsp3) is 0.579. The number of nitrogens with zero attached hydrogens (tertiary/aromatic N) is 2. The van der Waals surface area contributed by atoms with Crippen molar-refractivity contribution in [3.8, 4) is 0 Å². The molecule has 0 N–H and O–H groups in total. The number of carbonyl (C=O) groups excluding carboxylic acids is 2. The Bertz CT molecular complexity index is 544. The van der Waals surface area contributed by atoms with Gasteiger partial charge in [0.25, 0.3) is 0 Å². The van der Waals surface area contributed by atoms with E-state index in [2.05, 4.69) is 24.3 Å². The zero-order valence-corrected chi connectivity index (χ0v) is 13.7. The number of benzene rings is 1. The topological polar surface area (TPSA) is 40.6 Å². The van der Waals surface area contributed by atoms with Gasteiger partial charge in [-0.3, -0.25) is 9.59 Å². The van der Waals surface area contributed by atoms with E-state index in [9.17, 15) is 9.59 Å². The lowest BCUT2D eigenvalue weighted by molar-refractivity contribution is -0.139. The molecule has 0 spiro atoms. The first kappa shape index (κ1) is 16.0. The van der Waals surface area contributed by atoms with Gasteiger partial charge in [0.2, 0.25) is 11.8 Å². The molecule has 0 aromatic heterocycles. The smallest absolute Gasteiger partial charge is 0.242 e. The number of hydrogen-bond acceptors (Lipinski definition) is 2. The van der Waals surface area contributed by atoms with Gasteiger partial charge in [-0.05, 0) is 37.2 Å². The zero-order valence-electron chi connectivity index (χ0n) is 13.7. The number of amides is 2. The van der Waals surface area contributed by atoms with Crippen LogP contribution in [0.2, 0.25) is 0 Å². The number of carbonyl (C=O) groups is 2. The minimum Gasteiger partial charge on any atom is -0.341 e. The molecule has 2 heterocycles. The van der Waals surface area contributed by atoms with Crippen LogP contribution < -0.4 is 0 Å². The summed E-state index contributed by atoms with van der Waals surface area (Å²) in [5.74, 6) is 0.813.